The van der Waals surface area contributed by atoms with Crippen LogP contribution >= 0.6 is 0 Å². The molecular formula is C11H22IrN2O2-4. The Morgan fingerprint density at radius 2 is 1.88 bits per heavy atom. The molecule has 101 valence electrons. The molecule has 0 amide bonds. The number of allylic oxidation sites excluding steroid dienone is 1. The first kappa shape index (κ1) is 24.8. The minimum atomic E-state index is 0. The fourth-order valence-corrected chi connectivity index (χ4v) is 0.285. The summed E-state index contributed by atoms with van der Waals surface area (Å²) in [5.41, 5.74) is 6.56. The summed E-state index contributed by atoms with van der Waals surface area (Å²) in [7, 11) is 3.39. The first-order valence-corrected chi connectivity index (χ1v) is 4.72. The van der Waals surface area contributed by atoms with Gasteiger partial charge in [-0.05, 0) is 0 Å². The molecule has 1 radical (unpaired) electrons. The fraction of sp³-hybridized carbons (Fsp3) is 0.455. The number of hydrogen-bond acceptors (Lipinski definition) is 3. The van der Waals surface area contributed by atoms with Crippen molar-refractivity contribution in [2.24, 2.45) is 0 Å². The molecule has 0 bridgehead atoms. The molecule has 0 aliphatic rings. The average Bonchev–Trinajstić information content (AvgIpc) is 2.23. The van der Waals surface area contributed by atoms with E-state index in [-0.39, 0.29) is 20.1 Å². The number of hydrogen-bond donors (Lipinski definition) is 2. The van der Waals surface area contributed by atoms with Crippen LogP contribution in [0.4, 0.5) is 0 Å². The Balaban J connectivity index is -0.0000000655. The number of aldehydes is 1. The van der Waals surface area contributed by atoms with Crippen LogP contribution in [0.1, 0.15) is 19.3 Å². The number of nitrogens with one attached hydrogen (secondary N) is 2. The number of unbranched alkanes of at least 4 members (excludes halogenated alkanes) is 1. The van der Waals surface area contributed by atoms with Crippen LogP contribution in [0.3, 0.4) is 0 Å². The summed E-state index contributed by atoms with van der Waals surface area (Å²) in [6.07, 6.45) is 4.96. The van der Waals surface area contributed by atoms with Gasteiger partial charge < -0.3 is 30.0 Å². The molecule has 4 nitrogen and oxygen atoms in total. The van der Waals surface area contributed by atoms with Crippen LogP contribution in [0, 0.1) is 20.9 Å². The van der Waals surface area contributed by atoms with E-state index in [1.807, 2.05) is 0 Å². The van der Waals surface area contributed by atoms with Gasteiger partial charge in [-0.25, -0.2) is 0 Å². The molecule has 0 aromatic heterocycles. The molecule has 0 spiro atoms. The zero-order valence-electron chi connectivity index (χ0n) is 9.58. The standard InChI is InChI=1S/2C4H9N.C3H4O2.Ir/c1-3-4-5-2;1-2-3-4-5;4-2-1-3-5;/h2*5H,1-4H2;1-4H;/q2*-2;;/b;;2-1-;. The molecule has 0 aromatic carbocycles. The van der Waals surface area contributed by atoms with Crippen molar-refractivity contribution in [2.75, 3.05) is 13.1 Å². The van der Waals surface area contributed by atoms with E-state index in [1.54, 1.807) is 0 Å². The van der Waals surface area contributed by atoms with Gasteiger partial charge in [0, 0.05) is 26.2 Å². The van der Waals surface area contributed by atoms with E-state index in [4.69, 9.17) is 15.6 Å². The van der Waals surface area contributed by atoms with Crippen molar-refractivity contribution in [3.8, 4) is 0 Å². The van der Waals surface area contributed by atoms with Gasteiger partial charge in [0.15, 0.2) is 0 Å². The quantitative estimate of drug-likeness (QED) is 0.319. The smallest absolute Gasteiger partial charge is 0.145 e. The summed E-state index contributed by atoms with van der Waals surface area (Å²) in [6, 6.07) is 0. The summed E-state index contributed by atoms with van der Waals surface area (Å²) in [5, 5.41) is 10.4. The number of aliphatic hydroxyl groups excluding tert-OH is 1. The molecule has 0 fully saturated rings. The van der Waals surface area contributed by atoms with E-state index in [0.717, 1.165) is 31.9 Å². The van der Waals surface area contributed by atoms with E-state index < -0.39 is 0 Å². The second kappa shape index (κ2) is 36.4. The number of aliphatic hydroxyl groups is 1. The molecule has 0 heterocycles. The number of carbonyl (C=O) groups is 1. The second-order valence-electron chi connectivity index (χ2n) is 2.29. The number of carbonyl (C=O) groups excluding carboxylic acids is 1. The van der Waals surface area contributed by atoms with E-state index in [9.17, 15) is 0 Å². The molecule has 16 heavy (non-hydrogen) atoms. The van der Waals surface area contributed by atoms with Crippen LogP contribution in [0.2, 0.25) is 0 Å². The van der Waals surface area contributed by atoms with Crippen LogP contribution in [0.25, 0.3) is 5.73 Å². The van der Waals surface area contributed by atoms with Crippen molar-refractivity contribution in [3.63, 3.8) is 0 Å². The predicted octanol–water partition coefficient (Wildman–Crippen LogP) is 2.50. The summed E-state index contributed by atoms with van der Waals surface area (Å²) in [6.45, 7) is 8.58. The fourth-order valence-electron chi connectivity index (χ4n) is 0.285. The topological polar surface area (TPSA) is 73.1 Å². The minimum absolute atomic E-state index is 0. The third-order valence-electron chi connectivity index (χ3n) is 0.945. The molecule has 0 aliphatic heterocycles. The van der Waals surface area contributed by atoms with E-state index in [2.05, 4.69) is 26.2 Å². The largest absolute Gasteiger partial charge is 0.677 e. The van der Waals surface area contributed by atoms with Crippen LogP contribution < -0.4 is 5.32 Å². The molecule has 0 aromatic rings. The maximum Gasteiger partial charge on any atom is 0.145 e. The van der Waals surface area contributed by atoms with Crippen molar-refractivity contribution < 1.29 is 30.0 Å². The molecule has 5 heteroatoms. The summed E-state index contributed by atoms with van der Waals surface area (Å²) in [4.78, 5) is 9.16. The molecule has 0 unspecified atom stereocenters. The Morgan fingerprint density at radius 3 is 1.88 bits per heavy atom. The zero-order valence-corrected chi connectivity index (χ0v) is 12.0. The third kappa shape index (κ3) is 67.4. The summed E-state index contributed by atoms with van der Waals surface area (Å²) in [5.74, 6) is 0. The minimum Gasteiger partial charge on any atom is -0.677 e. The van der Waals surface area contributed by atoms with E-state index in [1.165, 1.54) is 0 Å². The summed E-state index contributed by atoms with van der Waals surface area (Å²) < 4.78 is 0. The van der Waals surface area contributed by atoms with Crippen molar-refractivity contribution in [2.45, 2.75) is 19.3 Å². The first-order valence-electron chi connectivity index (χ1n) is 4.72. The Hall–Kier alpha value is -0.221. The zero-order chi connectivity index (χ0) is 12.4. The van der Waals surface area contributed by atoms with Gasteiger partial charge in [0.05, 0.1) is 6.26 Å². The van der Waals surface area contributed by atoms with Crippen LogP contribution in [-0.2, 0) is 24.9 Å². The number of rotatable bonds is 5. The molecule has 0 aliphatic carbocycles. The van der Waals surface area contributed by atoms with Crippen LogP contribution in [0.15, 0.2) is 12.3 Å². The Bertz CT molecular complexity index is 113. The van der Waals surface area contributed by atoms with Crippen LogP contribution in [0.5, 0.6) is 0 Å². The third-order valence-corrected chi connectivity index (χ3v) is 0.945. The Labute approximate surface area is 113 Å². The summed E-state index contributed by atoms with van der Waals surface area (Å²) >= 11 is 0. The Kier molecular flexibility index (Phi) is 56.5. The van der Waals surface area contributed by atoms with Crippen molar-refractivity contribution >= 4 is 6.29 Å². The van der Waals surface area contributed by atoms with Gasteiger partial charge in [-0.2, -0.15) is 19.4 Å². The Morgan fingerprint density at radius 1 is 1.31 bits per heavy atom. The van der Waals surface area contributed by atoms with Gasteiger partial charge in [-0.15, -0.1) is 0 Å². The molecule has 0 saturated carbocycles. The second-order valence-corrected chi connectivity index (χ2v) is 2.29. The molecule has 0 saturated heterocycles. The van der Waals surface area contributed by atoms with E-state index >= 15 is 0 Å². The molecule has 0 atom stereocenters. The maximum atomic E-state index is 9.16. The van der Waals surface area contributed by atoms with Crippen molar-refractivity contribution in [3.05, 3.63) is 39.0 Å². The first-order chi connectivity index (χ1) is 7.24. The van der Waals surface area contributed by atoms with Gasteiger partial charge in [0.25, 0.3) is 0 Å². The molecule has 0 rings (SSSR count). The monoisotopic (exact) mass is 407 g/mol. The maximum absolute atomic E-state index is 9.16. The van der Waals surface area contributed by atoms with Crippen molar-refractivity contribution in [1.29, 1.82) is 0 Å². The van der Waals surface area contributed by atoms with E-state index in [0.29, 0.717) is 19.1 Å². The molecular weight excluding hydrogens is 384 g/mol. The molecule has 3 N–H and O–H groups in total. The normalized spacial score (nSPS) is 8.00. The SMILES string of the molecule is O=C/C=C\O.[CH2-]CCC[NH-].[CH2-]CCN[CH2-].[Ir]. The van der Waals surface area contributed by atoms with Gasteiger partial charge in [-0.3, -0.25) is 11.8 Å². The van der Waals surface area contributed by atoms with Crippen LogP contribution in [-0.4, -0.2) is 24.5 Å². The predicted molar refractivity (Wildman–Crippen MR) is 64.9 cm³/mol. The van der Waals surface area contributed by atoms with Gasteiger partial charge in [-0.1, -0.05) is 13.0 Å². The van der Waals surface area contributed by atoms with Gasteiger partial charge in [0.1, 0.15) is 6.29 Å². The van der Waals surface area contributed by atoms with Gasteiger partial charge >= 0.3 is 0 Å². The van der Waals surface area contributed by atoms with Gasteiger partial charge in [0.2, 0.25) is 0 Å². The average molecular weight is 407 g/mol. The van der Waals surface area contributed by atoms with Crippen molar-refractivity contribution in [1.82, 2.24) is 5.32 Å².